The Labute approximate surface area is 100 Å². The average molecular weight is 285 g/mol. The van der Waals surface area contributed by atoms with Crippen molar-refractivity contribution in [2.24, 2.45) is 0 Å². The van der Waals surface area contributed by atoms with Gasteiger partial charge in [-0.1, -0.05) is 0 Å². The zero-order chi connectivity index (χ0) is 10.8. The molecule has 2 aromatic heterocycles. The van der Waals surface area contributed by atoms with Crippen molar-refractivity contribution in [3.05, 3.63) is 34.5 Å². The Bertz CT molecular complexity index is 484. The first-order valence-electron chi connectivity index (χ1n) is 4.38. The molecular formula is C10H9BrN2OS. The zero-order valence-electron chi connectivity index (χ0n) is 8.32. The van der Waals surface area contributed by atoms with E-state index in [-0.39, 0.29) is 0 Å². The van der Waals surface area contributed by atoms with Crippen LogP contribution in [0.4, 0.5) is 0 Å². The normalized spacial score (nSPS) is 10.6. The summed E-state index contributed by atoms with van der Waals surface area (Å²) in [6.45, 7) is 3.87. The van der Waals surface area contributed by atoms with E-state index in [2.05, 4.69) is 25.9 Å². The summed E-state index contributed by atoms with van der Waals surface area (Å²) in [4.78, 5) is 9.62. The van der Waals surface area contributed by atoms with Crippen LogP contribution in [0.5, 0.6) is 0 Å². The summed E-state index contributed by atoms with van der Waals surface area (Å²) in [7, 11) is 0. The number of hydrogen-bond acceptors (Lipinski definition) is 4. The second-order valence-corrected chi connectivity index (χ2v) is 4.89. The van der Waals surface area contributed by atoms with Crippen LogP contribution < -0.4 is 0 Å². The average Bonchev–Trinajstić information content (AvgIpc) is 2.59. The van der Waals surface area contributed by atoms with Crippen molar-refractivity contribution in [2.45, 2.75) is 23.9 Å². The first kappa shape index (κ1) is 10.7. The maximum absolute atomic E-state index is 5.21. The zero-order valence-corrected chi connectivity index (χ0v) is 10.7. The van der Waals surface area contributed by atoms with Gasteiger partial charge in [0.2, 0.25) is 0 Å². The molecule has 0 saturated carbocycles. The lowest BCUT2D eigenvalue weighted by Crippen LogP contribution is -1.90. The summed E-state index contributed by atoms with van der Waals surface area (Å²) in [6, 6.07) is 1.92. The molecule has 15 heavy (non-hydrogen) atoms. The van der Waals surface area contributed by atoms with Crippen molar-refractivity contribution >= 4 is 27.7 Å². The van der Waals surface area contributed by atoms with Crippen LogP contribution in [0.2, 0.25) is 0 Å². The minimum Gasteiger partial charge on any atom is -0.468 e. The lowest BCUT2D eigenvalue weighted by molar-refractivity contribution is 0.527. The summed E-state index contributed by atoms with van der Waals surface area (Å²) < 4.78 is 6.13. The molecule has 2 heterocycles. The van der Waals surface area contributed by atoms with Crippen molar-refractivity contribution in [1.82, 2.24) is 9.97 Å². The van der Waals surface area contributed by atoms with E-state index in [9.17, 15) is 0 Å². The molecule has 0 aliphatic heterocycles. The van der Waals surface area contributed by atoms with Gasteiger partial charge in [0.25, 0.3) is 0 Å². The van der Waals surface area contributed by atoms with Gasteiger partial charge in [-0.25, -0.2) is 9.97 Å². The predicted molar refractivity (Wildman–Crippen MR) is 62.0 cm³/mol. The molecule has 0 aliphatic rings. The molecule has 0 fully saturated rings. The van der Waals surface area contributed by atoms with E-state index in [1.165, 1.54) is 11.8 Å². The van der Waals surface area contributed by atoms with Gasteiger partial charge in [-0.3, -0.25) is 0 Å². The van der Waals surface area contributed by atoms with E-state index in [1.54, 1.807) is 12.5 Å². The highest BCUT2D eigenvalue weighted by Gasteiger charge is 2.07. The standard InChI is InChI=1S/C10H9BrN2OS/c1-6-8(11)5-12-10(13-6)15-9-3-4-14-7(9)2/h3-5H,1-2H3. The Morgan fingerprint density at radius 3 is 2.80 bits per heavy atom. The molecule has 5 heteroatoms. The summed E-state index contributed by atoms with van der Waals surface area (Å²) in [5.74, 6) is 0.893. The lowest BCUT2D eigenvalue weighted by Gasteiger charge is -2.00. The summed E-state index contributed by atoms with van der Waals surface area (Å²) in [6.07, 6.45) is 3.43. The van der Waals surface area contributed by atoms with Crippen LogP contribution in [0.3, 0.4) is 0 Å². The highest BCUT2D eigenvalue weighted by atomic mass is 79.9. The van der Waals surface area contributed by atoms with E-state index >= 15 is 0 Å². The second kappa shape index (κ2) is 4.37. The van der Waals surface area contributed by atoms with Gasteiger partial charge in [0.15, 0.2) is 5.16 Å². The Morgan fingerprint density at radius 1 is 1.40 bits per heavy atom. The maximum atomic E-state index is 5.21. The SMILES string of the molecule is Cc1nc(Sc2ccoc2C)ncc1Br. The Kier molecular flexibility index (Phi) is 3.11. The van der Waals surface area contributed by atoms with Gasteiger partial charge in [0, 0.05) is 6.20 Å². The molecule has 0 atom stereocenters. The van der Waals surface area contributed by atoms with E-state index in [4.69, 9.17) is 4.42 Å². The van der Waals surface area contributed by atoms with E-state index in [1.807, 2.05) is 19.9 Å². The van der Waals surface area contributed by atoms with Crippen LogP contribution in [0, 0.1) is 13.8 Å². The van der Waals surface area contributed by atoms with Crippen LogP contribution in [0.1, 0.15) is 11.5 Å². The number of nitrogens with zero attached hydrogens (tertiary/aromatic N) is 2. The van der Waals surface area contributed by atoms with Gasteiger partial charge in [-0.05, 0) is 47.6 Å². The number of furan rings is 1. The first-order chi connectivity index (χ1) is 7.16. The predicted octanol–water partition coefficient (Wildman–Crippen LogP) is 3.60. The Hall–Kier alpha value is -0.810. The van der Waals surface area contributed by atoms with E-state index in [0.29, 0.717) is 0 Å². The molecule has 0 N–H and O–H groups in total. The molecule has 0 aromatic carbocycles. The van der Waals surface area contributed by atoms with Crippen LogP contribution in [-0.4, -0.2) is 9.97 Å². The number of hydrogen-bond donors (Lipinski definition) is 0. The van der Waals surface area contributed by atoms with Gasteiger partial charge in [0.05, 0.1) is 21.3 Å². The van der Waals surface area contributed by atoms with Crippen LogP contribution in [0.15, 0.2) is 37.5 Å². The van der Waals surface area contributed by atoms with Gasteiger partial charge in [0.1, 0.15) is 5.76 Å². The Balaban J connectivity index is 2.25. The number of aryl methyl sites for hydroxylation is 2. The van der Waals surface area contributed by atoms with Crippen molar-refractivity contribution in [1.29, 1.82) is 0 Å². The highest BCUT2D eigenvalue weighted by molar-refractivity contribution is 9.10. The molecule has 0 radical (unpaired) electrons. The van der Waals surface area contributed by atoms with Gasteiger partial charge < -0.3 is 4.42 Å². The molecule has 78 valence electrons. The number of rotatable bonds is 2. The van der Waals surface area contributed by atoms with Crippen molar-refractivity contribution < 1.29 is 4.42 Å². The topological polar surface area (TPSA) is 38.9 Å². The molecule has 0 amide bonds. The van der Waals surface area contributed by atoms with Crippen LogP contribution in [-0.2, 0) is 0 Å². The molecule has 0 aliphatic carbocycles. The highest BCUT2D eigenvalue weighted by Crippen LogP contribution is 2.29. The van der Waals surface area contributed by atoms with E-state index < -0.39 is 0 Å². The molecule has 0 spiro atoms. The van der Waals surface area contributed by atoms with Crippen molar-refractivity contribution in [3.8, 4) is 0 Å². The van der Waals surface area contributed by atoms with Gasteiger partial charge >= 0.3 is 0 Å². The summed E-state index contributed by atoms with van der Waals surface area (Å²) in [5.41, 5.74) is 0.939. The van der Waals surface area contributed by atoms with E-state index in [0.717, 1.165) is 26.0 Å². The summed E-state index contributed by atoms with van der Waals surface area (Å²) >= 11 is 4.88. The molecule has 2 rings (SSSR count). The van der Waals surface area contributed by atoms with Crippen LogP contribution in [0.25, 0.3) is 0 Å². The molecule has 3 nitrogen and oxygen atoms in total. The third-order valence-electron chi connectivity index (χ3n) is 1.91. The van der Waals surface area contributed by atoms with Crippen LogP contribution >= 0.6 is 27.7 Å². The largest absolute Gasteiger partial charge is 0.468 e. The third kappa shape index (κ3) is 2.41. The number of halogens is 1. The fourth-order valence-corrected chi connectivity index (χ4v) is 2.05. The minimum absolute atomic E-state index is 0.736. The fourth-order valence-electron chi connectivity index (χ4n) is 1.06. The molecule has 2 aromatic rings. The Morgan fingerprint density at radius 2 is 2.20 bits per heavy atom. The molecular weight excluding hydrogens is 276 g/mol. The smallest absolute Gasteiger partial charge is 0.192 e. The lowest BCUT2D eigenvalue weighted by atomic mass is 10.5. The summed E-state index contributed by atoms with van der Waals surface area (Å²) in [5, 5.41) is 0.736. The first-order valence-corrected chi connectivity index (χ1v) is 5.99. The molecule has 0 saturated heterocycles. The molecule has 0 bridgehead atoms. The third-order valence-corrected chi connectivity index (χ3v) is 3.71. The second-order valence-electron chi connectivity index (χ2n) is 3.03. The quantitative estimate of drug-likeness (QED) is 0.790. The van der Waals surface area contributed by atoms with Crippen molar-refractivity contribution in [3.63, 3.8) is 0 Å². The maximum Gasteiger partial charge on any atom is 0.192 e. The monoisotopic (exact) mass is 284 g/mol. The number of aromatic nitrogens is 2. The minimum atomic E-state index is 0.736. The fraction of sp³-hybridized carbons (Fsp3) is 0.200. The molecule has 0 unspecified atom stereocenters. The van der Waals surface area contributed by atoms with Crippen molar-refractivity contribution in [2.75, 3.05) is 0 Å². The van der Waals surface area contributed by atoms with Gasteiger partial charge in [-0.15, -0.1) is 0 Å². The van der Waals surface area contributed by atoms with Gasteiger partial charge in [-0.2, -0.15) is 0 Å².